The van der Waals surface area contributed by atoms with Crippen LogP contribution in [0.5, 0.6) is 0 Å². The molecule has 112 valence electrons. The summed E-state index contributed by atoms with van der Waals surface area (Å²) < 4.78 is 17.7. The van der Waals surface area contributed by atoms with Crippen LogP contribution in [0.1, 0.15) is 35.6 Å². The molecule has 1 aromatic heterocycles. The largest absolute Gasteiger partial charge is 0.384 e. The van der Waals surface area contributed by atoms with Crippen LogP contribution in [0, 0.1) is 6.92 Å². The predicted molar refractivity (Wildman–Crippen MR) is 86.5 cm³/mol. The van der Waals surface area contributed by atoms with Crippen molar-refractivity contribution in [3.63, 3.8) is 0 Å². The summed E-state index contributed by atoms with van der Waals surface area (Å²) in [5, 5.41) is 7.75. The maximum Gasteiger partial charge on any atom is 0.133 e. The number of anilines is 1. The fourth-order valence-corrected chi connectivity index (χ4v) is 3.42. The highest BCUT2D eigenvalue weighted by molar-refractivity contribution is 9.10. The summed E-state index contributed by atoms with van der Waals surface area (Å²) in [6, 6.07) is 5.91. The minimum Gasteiger partial charge on any atom is -0.384 e. The molecule has 1 atom stereocenters. The van der Waals surface area contributed by atoms with Gasteiger partial charge in [-0.1, -0.05) is 18.2 Å². The van der Waals surface area contributed by atoms with Crippen LogP contribution in [0.25, 0.3) is 0 Å². The van der Waals surface area contributed by atoms with E-state index in [1.165, 1.54) is 5.56 Å². The van der Waals surface area contributed by atoms with E-state index in [0.29, 0.717) is 6.42 Å². The van der Waals surface area contributed by atoms with Gasteiger partial charge in [-0.25, -0.2) is 4.39 Å². The molecule has 2 heterocycles. The molecule has 0 aliphatic carbocycles. The highest BCUT2D eigenvalue weighted by Gasteiger charge is 2.23. The average molecular weight is 352 g/mol. The van der Waals surface area contributed by atoms with Gasteiger partial charge in [0, 0.05) is 30.8 Å². The smallest absolute Gasteiger partial charge is 0.133 e. The van der Waals surface area contributed by atoms with E-state index in [9.17, 15) is 4.39 Å². The molecule has 0 saturated heterocycles. The Labute approximate surface area is 132 Å². The number of nitrogens with zero attached hydrogens (tertiary/aromatic N) is 2. The summed E-state index contributed by atoms with van der Waals surface area (Å²) in [6.07, 6.45) is 0.294. The van der Waals surface area contributed by atoms with Gasteiger partial charge in [-0.05, 0) is 41.8 Å². The third kappa shape index (κ3) is 2.59. The van der Waals surface area contributed by atoms with Gasteiger partial charge in [-0.3, -0.25) is 4.68 Å². The Morgan fingerprint density at radius 3 is 3.05 bits per heavy atom. The highest BCUT2D eigenvalue weighted by atomic mass is 79.9. The molecule has 0 fully saturated rings. The Morgan fingerprint density at radius 1 is 1.48 bits per heavy atom. The first kappa shape index (κ1) is 14.6. The number of aryl methyl sites for hydroxylation is 2. The van der Waals surface area contributed by atoms with E-state index < -0.39 is 6.17 Å². The van der Waals surface area contributed by atoms with Crippen molar-refractivity contribution in [3.05, 3.63) is 45.2 Å². The number of fused-ring (bicyclic) bond motifs is 1. The monoisotopic (exact) mass is 351 g/mol. The summed E-state index contributed by atoms with van der Waals surface area (Å²) in [5.41, 5.74) is 4.81. The van der Waals surface area contributed by atoms with Crippen LogP contribution in [-0.2, 0) is 19.4 Å². The van der Waals surface area contributed by atoms with Gasteiger partial charge >= 0.3 is 0 Å². The molecule has 0 spiro atoms. The number of hydrogen-bond donors (Lipinski definition) is 1. The van der Waals surface area contributed by atoms with Crippen molar-refractivity contribution in [1.82, 2.24) is 9.78 Å². The van der Waals surface area contributed by atoms with Crippen LogP contribution < -0.4 is 5.32 Å². The number of rotatable bonds is 4. The lowest BCUT2D eigenvalue weighted by Gasteiger charge is -2.14. The maximum atomic E-state index is 14.9. The quantitative estimate of drug-likeness (QED) is 0.894. The molecular formula is C16H19BrFN3. The Balaban J connectivity index is 1.91. The van der Waals surface area contributed by atoms with Gasteiger partial charge < -0.3 is 5.32 Å². The van der Waals surface area contributed by atoms with Crippen LogP contribution in [0.15, 0.2) is 22.7 Å². The van der Waals surface area contributed by atoms with Gasteiger partial charge in [-0.15, -0.1) is 0 Å². The highest BCUT2D eigenvalue weighted by Crippen LogP contribution is 2.35. The molecule has 1 aliphatic heterocycles. The topological polar surface area (TPSA) is 29.9 Å². The zero-order valence-electron chi connectivity index (χ0n) is 12.3. The normalized spacial score (nSPS) is 14.9. The maximum absolute atomic E-state index is 14.9. The summed E-state index contributed by atoms with van der Waals surface area (Å²) in [4.78, 5) is 0. The van der Waals surface area contributed by atoms with E-state index >= 15 is 0 Å². The average Bonchev–Trinajstić information content (AvgIpc) is 3.06. The van der Waals surface area contributed by atoms with E-state index in [-0.39, 0.29) is 0 Å². The SMILES string of the molecule is CCn1nc(C)c(Br)c1CC(F)c1cccc2c1NCC2. The standard InChI is InChI=1S/C16H19BrFN3/c1-3-21-14(15(17)10(2)20-21)9-13(18)12-6-4-5-11-7-8-19-16(11)12/h4-6,13,19H,3,7-9H2,1-2H3. The van der Waals surface area contributed by atoms with Gasteiger partial charge in [0.05, 0.1) is 15.9 Å². The van der Waals surface area contributed by atoms with E-state index in [4.69, 9.17) is 0 Å². The van der Waals surface area contributed by atoms with Crippen molar-refractivity contribution in [2.45, 2.75) is 39.4 Å². The van der Waals surface area contributed by atoms with E-state index in [1.807, 2.05) is 30.7 Å². The Morgan fingerprint density at radius 2 is 2.29 bits per heavy atom. The van der Waals surface area contributed by atoms with Crippen molar-refractivity contribution in [2.75, 3.05) is 11.9 Å². The van der Waals surface area contributed by atoms with Crippen LogP contribution in [-0.4, -0.2) is 16.3 Å². The first-order chi connectivity index (χ1) is 10.1. The van der Waals surface area contributed by atoms with E-state index in [1.54, 1.807) is 0 Å². The first-order valence-corrected chi connectivity index (χ1v) is 8.12. The van der Waals surface area contributed by atoms with Gasteiger partial charge in [0.2, 0.25) is 0 Å². The molecule has 2 aromatic rings. The van der Waals surface area contributed by atoms with Gasteiger partial charge in [0.1, 0.15) is 6.17 Å². The molecule has 1 aliphatic rings. The Hall–Kier alpha value is -1.36. The van der Waals surface area contributed by atoms with Crippen molar-refractivity contribution < 1.29 is 4.39 Å². The van der Waals surface area contributed by atoms with Crippen molar-refractivity contribution in [3.8, 4) is 0 Å². The number of benzene rings is 1. The molecule has 1 unspecified atom stereocenters. The predicted octanol–water partition coefficient (Wildman–Crippen LogP) is 4.20. The molecule has 5 heteroatoms. The van der Waals surface area contributed by atoms with Crippen LogP contribution in [0.2, 0.25) is 0 Å². The molecule has 0 amide bonds. The number of para-hydroxylation sites is 1. The lowest BCUT2D eigenvalue weighted by Crippen LogP contribution is -2.08. The Kier molecular flexibility index (Phi) is 4.02. The molecule has 1 aromatic carbocycles. The zero-order valence-corrected chi connectivity index (χ0v) is 13.9. The summed E-state index contributed by atoms with van der Waals surface area (Å²) in [5.74, 6) is 0. The molecule has 3 rings (SSSR count). The molecule has 0 saturated carbocycles. The molecule has 21 heavy (non-hydrogen) atoms. The molecule has 0 bridgehead atoms. The van der Waals surface area contributed by atoms with Crippen LogP contribution in [0.3, 0.4) is 0 Å². The number of alkyl halides is 1. The minimum absolute atomic E-state index is 0.341. The molecular weight excluding hydrogens is 333 g/mol. The molecule has 3 nitrogen and oxygen atoms in total. The van der Waals surface area contributed by atoms with Gasteiger partial charge in [0.15, 0.2) is 0 Å². The van der Waals surface area contributed by atoms with Crippen molar-refractivity contribution in [2.24, 2.45) is 0 Å². The molecule has 1 N–H and O–H groups in total. The van der Waals surface area contributed by atoms with Crippen molar-refractivity contribution in [1.29, 1.82) is 0 Å². The van der Waals surface area contributed by atoms with Crippen LogP contribution in [0.4, 0.5) is 10.1 Å². The summed E-state index contributed by atoms with van der Waals surface area (Å²) in [7, 11) is 0. The number of hydrogen-bond acceptors (Lipinski definition) is 2. The second-order valence-corrected chi connectivity index (χ2v) is 6.18. The minimum atomic E-state index is -1.02. The second-order valence-electron chi connectivity index (χ2n) is 5.39. The van der Waals surface area contributed by atoms with Crippen LogP contribution >= 0.6 is 15.9 Å². The fourth-order valence-electron chi connectivity index (χ4n) is 2.97. The number of nitrogens with one attached hydrogen (secondary N) is 1. The summed E-state index contributed by atoms with van der Waals surface area (Å²) >= 11 is 3.54. The third-order valence-corrected chi connectivity index (χ3v) is 5.07. The van der Waals surface area contributed by atoms with E-state index in [0.717, 1.165) is 46.6 Å². The Bertz CT molecular complexity index is 666. The zero-order chi connectivity index (χ0) is 15.0. The lowest BCUT2D eigenvalue weighted by molar-refractivity contribution is 0.335. The summed E-state index contributed by atoms with van der Waals surface area (Å²) in [6.45, 7) is 5.61. The first-order valence-electron chi connectivity index (χ1n) is 7.33. The van der Waals surface area contributed by atoms with Gasteiger partial charge in [-0.2, -0.15) is 5.10 Å². The van der Waals surface area contributed by atoms with Gasteiger partial charge in [0.25, 0.3) is 0 Å². The van der Waals surface area contributed by atoms with E-state index in [2.05, 4.69) is 32.4 Å². The second kappa shape index (κ2) is 5.79. The lowest BCUT2D eigenvalue weighted by atomic mass is 10.0. The number of aromatic nitrogens is 2. The van der Waals surface area contributed by atoms with Crippen molar-refractivity contribution >= 4 is 21.6 Å². The third-order valence-electron chi connectivity index (χ3n) is 4.04. The number of halogens is 2. The molecule has 0 radical (unpaired) electrons. The fraction of sp³-hybridized carbons (Fsp3) is 0.438.